The molecule has 0 heterocycles. The second-order valence-corrected chi connectivity index (χ2v) is 3.21. The monoisotopic (exact) mass is 284 g/mol. The molecule has 0 atom stereocenters. The van der Waals surface area contributed by atoms with Crippen molar-refractivity contribution < 1.29 is 36.1 Å². The first-order valence-electron chi connectivity index (χ1n) is 4.30. The van der Waals surface area contributed by atoms with Crippen molar-refractivity contribution in [1.29, 1.82) is 0 Å². The Labute approximate surface area is 118 Å². The van der Waals surface area contributed by atoms with Crippen molar-refractivity contribution in [1.82, 2.24) is 0 Å². The number of hydrogen-bond donors (Lipinski definition) is 0. The van der Waals surface area contributed by atoms with Crippen LogP contribution in [0, 0.1) is 20.0 Å². The summed E-state index contributed by atoms with van der Waals surface area (Å²) in [6.45, 7) is 17.3. The molecule has 1 aromatic rings. The Kier molecular flexibility index (Phi) is 25.5. The topological polar surface area (TPSA) is 76.8 Å². The summed E-state index contributed by atoms with van der Waals surface area (Å²) in [6, 6.07) is 9.77. The Morgan fingerprint density at radius 3 is 1.56 bits per heavy atom. The van der Waals surface area contributed by atoms with Crippen molar-refractivity contribution in [2.45, 2.75) is 19.3 Å². The fourth-order valence-electron chi connectivity index (χ4n) is 0.936. The Bertz CT molecular complexity index is 338. The van der Waals surface area contributed by atoms with Crippen LogP contribution in [0.2, 0.25) is 0 Å². The molecule has 0 aliphatic carbocycles. The van der Waals surface area contributed by atoms with Crippen LogP contribution in [-0.2, 0) is 41.5 Å². The zero-order valence-electron chi connectivity index (χ0n) is 10.0. The third-order valence-corrected chi connectivity index (χ3v) is 1.81. The van der Waals surface area contributed by atoms with E-state index in [1.807, 2.05) is 44.2 Å². The summed E-state index contributed by atoms with van der Waals surface area (Å²) in [5, 5.41) is 0. The molecule has 5 heteroatoms. The van der Waals surface area contributed by atoms with E-state index in [1.165, 1.54) is 0 Å². The second kappa shape index (κ2) is 18.0. The number of hydrogen-bond acceptors (Lipinski definition) is 1. The normalized spacial score (nSPS) is 7.11. The molecule has 1 aromatic carbocycles. The van der Waals surface area contributed by atoms with Crippen LogP contribution in [0.4, 0.5) is 0 Å². The van der Waals surface area contributed by atoms with Gasteiger partial charge in [0.15, 0.2) is 0 Å². The van der Waals surface area contributed by atoms with E-state index in [9.17, 15) is 4.79 Å². The molecule has 0 bridgehead atoms. The molecule has 0 unspecified atom stereocenters. The maximum absolute atomic E-state index is 10.6. The summed E-state index contributed by atoms with van der Waals surface area (Å²) in [5.74, 6) is 0. The fraction of sp³-hybridized carbons (Fsp3) is 0.231. The minimum atomic E-state index is -0.346. The van der Waals surface area contributed by atoms with Gasteiger partial charge >= 0.3 is 51.3 Å². The van der Waals surface area contributed by atoms with Crippen LogP contribution in [0.5, 0.6) is 0 Å². The van der Waals surface area contributed by atoms with Gasteiger partial charge in [0.1, 0.15) is 6.29 Å². The Morgan fingerprint density at radius 1 is 0.944 bits per heavy atom. The summed E-state index contributed by atoms with van der Waals surface area (Å²) in [4.78, 5) is 10.6. The molecule has 0 aliphatic rings. The minimum absolute atomic E-state index is 0. The largest absolute Gasteiger partial charge is 6.00 e. The van der Waals surface area contributed by atoms with Gasteiger partial charge in [0.25, 0.3) is 0 Å². The molecule has 18 heavy (non-hydrogen) atoms. The molecule has 0 amide bonds. The van der Waals surface area contributed by atoms with Gasteiger partial charge in [-0.3, -0.25) is 0 Å². The van der Waals surface area contributed by atoms with Crippen molar-refractivity contribution in [2.75, 3.05) is 0 Å². The zero-order valence-corrected chi connectivity index (χ0v) is 11.3. The molecule has 1 rings (SSSR count). The van der Waals surface area contributed by atoms with Crippen molar-refractivity contribution in [3.05, 3.63) is 55.8 Å². The Balaban J connectivity index is -0.000000123. The molecule has 0 fully saturated rings. The molecule has 0 saturated heterocycles. The van der Waals surface area contributed by atoms with E-state index in [4.69, 9.17) is 14.0 Å². The van der Waals surface area contributed by atoms with E-state index in [-0.39, 0.29) is 22.8 Å². The molecule has 4 nitrogen and oxygen atoms in total. The van der Waals surface area contributed by atoms with Gasteiger partial charge in [0.2, 0.25) is 0 Å². The van der Waals surface area contributed by atoms with Gasteiger partial charge in [-0.15, -0.1) is 0 Å². The van der Waals surface area contributed by atoms with Crippen LogP contribution in [0.25, 0.3) is 0 Å². The molecule has 0 aliphatic heterocycles. The van der Waals surface area contributed by atoms with E-state index in [2.05, 4.69) is 20.0 Å². The first kappa shape index (κ1) is 25.5. The van der Waals surface area contributed by atoms with Crippen LogP contribution in [0.3, 0.4) is 0 Å². The number of benzene rings is 1. The van der Waals surface area contributed by atoms with Gasteiger partial charge in [0, 0.05) is 5.41 Å². The first-order valence-corrected chi connectivity index (χ1v) is 4.30. The summed E-state index contributed by atoms with van der Waals surface area (Å²) in [5.41, 5.74) is 0.719. The molecule has 88 valence electrons. The molecule has 0 spiro atoms. The van der Waals surface area contributed by atoms with E-state index in [1.54, 1.807) is 0 Å². The Morgan fingerprint density at radius 2 is 1.28 bits per heavy atom. The van der Waals surface area contributed by atoms with Gasteiger partial charge in [-0.05, 0) is 19.4 Å². The molecule has 0 radical (unpaired) electrons. The quantitative estimate of drug-likeness (QED) is 0.465. The molecule has 0 N–H and O–H groups in total. The van der Waals surface area contributed by atoms with Gasteiger partial charge in [-0.1, -0.05) is 30.3 Å². The van der Waals surface area contributed by atoms with Gasteiger partial charge < -0.3 is 4.79 Å². The fourth-order valence-corrected chi connectivity index (χ4v) is 0.936. The Hall–Kier alpha value is -1.36. The maximum atomic E-state index is 10.6. The molecule has 0 saturated carbocycles. The zero-order chi connectivity index (χ0) is 14.3. The van der Waals surface area contributed by atoms with Crippen LogP contribution in [-0.4, -0.2) is 6.29 Å². The molecule has 0 aromatic heterocycles. The number of carbonyl (C=O) groups excluding carboxylic acids is 1. The summed E-state index contributed by atoms with van der Waals surface area (Å²) in [7, 11) is 0. The third-order valence-electron chi connectivity index (χ3n) is 1.81. The van der Waals surface area contributed by atoms with Crippen LogP contribution in [0.15, 0.2) is 30.3 Å². The van der Waals surface area contributed by atoms with Gasteiger partial charge in [-0.25, -0.2) is 0 Å². The maximum Gasteiger partial charge on any atom is 6.00 e. The van der Waals surface area contributed by atoms with Crippen LogP contribution in [0.1, 0.15) is 19.4 Å². The average molecular weight is 284 g/mol. The molecular weight excluding hydrogens is 272 g/mol. The number of aldehydes is 1. The van der Waals surface area contributed by atoms with Crippen LogP contribution < -0.4 is 0 Å². The number of carbonyl (C=O) groups is 1. The summed E-state index contributed by atoms with van der Waals surface area (Å²) < 4.78 is 22.5. The van der Waals surface area contributed by atoms with Crippen molar-refractivity contribution in [2.24, 2.45) is 0 Å². The summed E-state index contributed by atoms with van der Waals surface area (Å²) >= 11 is 0. The minimum Gasteiger partial charge on any atom is 6.00 e. The molecular formula is C13H12CrO4+6. The van der Waals surface area contributed by atoms with Gasteiger partial charge in [-0.2, -0.15) is 0 Å². The van der Waals surface area contributed by atoms with Gasteiger partial charge in [0.05, 0.1) is 0 Å². The van der Waals surface area contributed by atoms with E-state index >= 15 is 0 Å². The number of rotatable bonds is 2. The summed E-state index contributed by atoms with van der Waals surface area (Å²) in [6.07, 6.45) is 0.975. The first-order chi connectivity index (χ1) is 8.17. The van der Waals surface area contributed by atoms with E-state index in [0.29, 0.717) is 0 Å². The van der Waals surface area contributed by atoms with E-state index in [0.717, 1.165) is 11.8 Å². The van der Waals surface area contributed by atoms with E-state index < -0.39 is 0 Å². The second-order valence-electron chi connectivity index (χ2n) is 3.21. The van der Waals surface area contributed by atoms with Crippen molar-refractivity contribution >= 4 is 6.29 Å². The predicted molar refractivity (Wildman–Crippen MR) is 57.3 cm³/mol. The average Bonchev–Trinajstić information content (AvgIpc) is 2.46. The van der Waals surface area contributed by atoms with Crippen molar-refractivity contribution in [3.8, 4) is 0 Å². The predicted octanol–water partition coefficient (Wildman–Crippen LogP) is 2.05. The smallest absolute Gasteiger partial charge is 6.00 e. The third kappa shape index (κ3) is 11.1. The van der Waals surface area contributed by atoms with Crippen LogP contribution >= 0.6 is 0 Å². The van der Waals surface area contributed by atoms with Crippen molar-refractivity contribution in [3.63, 3.8) is 0 Å². The standard InChI is InChI=1S/C10H12O.3CO.Cr/c1-10(2,8-11)9-6-4-3-5-7-9;3*1-2;/h3-8H,1-2H3;;;;/q;;;;+6. The SMILES string of the molecule is CC(C)(C=O)c1ccccc1.[C-]#[O+].[C-]#[O+].[C-]#[O+].[Cr+6].